The van der Waals surface area contributed by atoms with E-state index >= 15 is 0 Å². The summed E-state index contributed by atoms with van der Waals surface area (Å²) < 4.78 is 119. The van der Waals surface area contributed by atoms with Crippen LogP contribution in [0.4, 0.5) is 39.5 Å². The smallest absolute Gasteiger partial charge is 0.422 e. The van der Waals surface area contributed by atoms with Gasteiger partial charge in [-0.3, -0.25) is 4.79 Å². The van der Waals surface area contributed by atoms with Gasteiger partial charge in [-0.2, -0.15) is 39.5 Å². The van der Waals surface area contributed by atoms with E-state index in [0.29, 0.717) is 6.42 Å². The number of hydrogen-bond acceptors (Lipinski definition) is 2. The van der Waals surface area contributed by atoms with Gasteiger partial charge in [0.15, 0.2) is 0 Å². The summed E-state index contributed by atoms with van der Waals surface area (Å²) in [7, 11) is 0. The second kappa shape index (κ2) is 6.29. The van der Waals surface area contributed by atoms with E-state index in [4.69, 9.17) is 0 Å². The van der Waals surface area contributed by atoms with E-state index in [2.05, 4.69) is 4.74 Å². The lowest BCUT2D eigenvalue weighted by atomic mass is 9.80. The van der Waals surface area contributed by atoms with Crippen LogP contribution in [0.3, 0.4) is 0 Å². The minimum Gasteiger partial charge on any atom is -0.461 e. The Kier molecular flexibility index (Phi) is 5.47. The number of esters is 1. The summed E-state index contributed by atoms with van der Waals surface area (Å²) in [6, 6.07) is 0. The Bertz CT molecular complexity index is 427. The van der Waals surface area contributed by atoms with Gasteiger partial charge in [0.25, 0.3) is 0 Å². The Balaban J connectivity index is 3.23. The molecule has 0 aliphatic heterocycles. The molecule has 0 N–H and O–H groups in total. The molecule has 0 unspecified atom stereocenters. The minimum absolute atomic E-state index is 0.0672. The van der Waals surface area contributed by atoms with Crippen LogP contribution in [0.2, 0.25) is 0 Å². The fourth-order valence-corrected chi connectivity index (χ4v) is 2.67. The highest BCUT2D eigenvalue weighted by atomic mass is 19.4. The lowest BCUT2D eigenvalue weighted by molar-refractivity contribution is -0.412. The summed E-state index contributed by atoms with van der Waals surface area (Å²) >= 11 is 0. The van der Waals surface area contributed by atoms with Gasteiger partial charge in [-0.15, -0.1) is 0 Å². The summed E-state index contributed by atoms with van der Waals surface area (Å²) in [5.74, 6) is -3.52. The predicted octanol–water partition coefficient (Wildman–Crippen LogP) is 5.03. The molecular weight excluding hydrogens is 359 g/mol. The Morgan fingerprint density at radius 2 is 1.21 bits per heavy atom. The van der Waals surface area contributed by atoms with E-state index in [1.54, 1.807) is 13.8 Å². The van der Waals surface area contributed by atoms with Crippen LogP contribution in [0.5, 0.6) is 0 Å². The van der Waals surface area contributed by atoms with Crippen molar-refractivity contribution in [1.29, 1.82) is 0 Å². The van der Waals surface area contributed by atoms with Gasteiger partial charge < -0.3 is 4.74 Å². The van der Waals surface area contributed by atoms with Crippen molar-refractivity contribution in [3.8, 4) is 0 Å². The summed E-state index contributed by atoms with van der Waals surface area (Å²) in [5.41, 5.74) is -6.56. The quantitative estimate of drug-likeness (QED) is 0.501. The number of halogens is 9. The van der Waals surface area contributed by atoms with Gasteiger partial charge in [0.1, 0.15) is 6.10 Å². The third-order valence-corrected chi connectivity index (χ3v) is 4.41. The van der Waals surface area contributed by atoms with E-state index in [-0.39, 0.29) is 24.7 Å². The van der Waals surface area contributed by atoms with Crippen LogP contribution >= 0.6 is 0 Å². The molecule has 0 aromatic carbocycles. The lowest BCUT2D eigenvalue weighted by Crippen LogP contribution is -2.65. The van der Waals surface area contributed by atoms with Crippen LogP contribution in [0.15, 0.2) is 0 Å². The van der Waals surface area contributed by atoms with Gasteiger partial charge in [0.2, 0.25) is 0 Å². The van der Waals surface area contributed by atoms with E-state index in [1.807, 2.05) is 0 Å². The van der Waals surface area contributed by atoms with Gasteiger partial charge in [0.05, 0.1) is 0 Å². The van der Waals surface area contributed by atoms with E-state index in [9.17, 15) is 44.3 Å². The highest BCUT2D eigenvalue weighted by Crippen LogP contribution is 2.60. The van der Waals surface area contributed by atoms with Gasteiger partial charge in [0, 0.05) is 0 Å². The first-order chi connectivity index (χ1) is 10.6. The zero-order valence-corrected chi connectivity index (χ0v) is 12.6. The maximum absolute atomic E-state index is 12.8. The van der Waals surface area contributed by atoms with Crippen LogP contribution in [-0.4, -0.2) is 30.6 Å². The molecular formula is C13H15F9O2. The second-order valence-electron chi connectivity index (χ2n) is 6.04. The van der Waals surface area contributed by atoms with Crippen molar-refractivity contribution in [1.82, 2.24) is 0 Å². The second-order valence-corrected chi connectivity index (χ2v) is 6.04. The fraction of sp³-hybridized carbons (Fsp3) is 0.923. The van der Waals surface area contributed by atoms with Crippen molar-refractivity contribution in [3.05, 3.63) is 0 Å². The van der Waals surface area contributed by atoms with Crippen LogP contribution in [0.25, 0.3) is 0 Å². The number of carbonyl (C=O) groups excluding carboxylic acids is 1. The van der Waals surface area contributed by atoms with Crippen molar-refractivity contribution >= 4 is 5.97 Å². The summed E-state index contributed by atoms with van der Waals surface area (Å²) in [4.78, 5) is 11.5. The maximum atomic E-state index is 12.8. The van der Waals surface area contributed by atoms with E-state index in [0.717, 1.165) is 0 Å². The Morgan fingerprint density at radius 3 is 1.54 bits per heavy atom. The first-order valence-corrected chi connectivity index (χ1v) is 6.97. The molecule has 3 atom stereocenters. The van der Waals surface area contributed by atoms with Crippen molar-refractivity contribution in [2.24, 2.45) is 17.3 Å². The number of carbonyl (C=O) groups is 1. The zero-order valence-electron chi connectivity index (χ0n) is 12.6. The maximum Gasteiger partial charge on any atom is 0.422 e. The Hall–Kier alpha value is -1.16. The molecule has 0 bridgehead atoms. The largest absolute Gasteiger partial charge is 0.461 e. The molecule has 0 aromatic rings. The van der Waals surface area contributed by atoms with Crippen LogP contribution in [-0.2, 0) is 9.53 Å². The molecule has 24 heavy (non-hydrogen) atoms. The summed E-state index contributed by atoms with van der Waals surface area (Å²) in [6.45, 7) is 3.39. The Morgan fingerprint density at radius 1 is 0.792 bits per heavy atom. The van der Waals surface area contributed by atoms with Crippen LogP contribution in [0, 0.1) is 17.3 Å². The van der Waals surface area contributed by atoms with Crippen LogP contribution < -0.4 is 0 Å². The van der Waals surface area contributed by atoms with Gasteiger partial charge >= 0.3 is 29.9 Å². The molecule has 0 heterocycles. The molecule has 1 saturated carbocycles. The SMILES string of the molecule is C[C@@H]1CC[C@H](OC(=O)C(C(F)(F)F)(C(F)(F)F)C(F)(F)F)C[C@@H]1C. The highest BCUT2D eigenvalue weighted by Gasteiger charge is 2.89. The van der Waals surface area contributed by atoms with Gasteiger partial charge in [-0.25, -0.2) is 0 Å². The minimum atomic E-state index is -6.94. The molecule has 0 radical (unpaired) electrons. The standard InChI is InChI=1S/C13H15F9O2/c1-6-3-4-8(5-7(6)2)24-9(23)10(11(14,15)16,12(17,18)19)13(20,21)22/h6-8H,3-5H2,1-2H3/t6-,7+,8+/m1/s1. The first-order valence-electron chi connectivity index (χ1n) is 6.97. The van der Waals surface area contributed by atoms with E-state index in [1.165, 1.54) is 0 Å². The molecule has 1 aliphatic carbocycles. The van der Waals surface area contributed by atoms with Gasteiger partial charge in [-0.1, -0.05) is 13.8 Å². The average Bonchev–Trinajstić information content (AvgIpc) is 2.28. The number of alkyl halides is 9. The monoisotopic (exact) mass is 374 g/mol. The molecule has 142 valence electrons. The van der Waals surface area contributed by atoms with Crippen molar-refractivity contribution in [3.63, 3.8) is 0 Å². The van der Waals surface area contributed by atoms with Crippen LogP contribution in [0.1, 0.15) is 33.1 Å². The average molecular weight is 374 g/mol. The predicted molar refractivity (Wildman–Crippen MR) is 62.7 cm³/mol. The fourth-order valence-electron chi connectivity index (χ4n) is 2.67. The lowest BCUT2D eigenvalue weighted by Gasteiger charge is -2.38. The van der Waals surface area contributed by atoms with Gasteiger partial charge in [-0.05, 0) is 31.1 Å². The molecule has 1 fully saturated rings. The molecule has 11 heteroatoms. The molecule has 0 amide bonds. The number of hydrogen-bond donors (Lipinski definition) is 0. The topological polar surface area (TPSA) is 26.3 Å². The number of ether oxygens (including phenoxy) is 1. The third kappa shape index (κ3) is 3.44. The molecule has 0 saturated heterocycles. The van der Waals surface area contributed by atoms with E-state index < -0.39 is 36.0 Å². The van der Waals surface area contributed by atoms with Crippen molar-refractivity contribution < 1.29 is 49.0 Å². The molecule has 2 nitrogen and oxygen atoms in total. The zero-order chi connectivity index (χ0) is 19.1. The molecule has 0 aromatic heterocycles. The summed E-state index contributed by atoms with van der Waals surface area (Å²) in [5, 5.41) is 0. The normalized spacial score (nSPS) is 27.0. The van der Waals surface area contributed by atoms with Crippen molar-refractivity contribution in [2.75, 3.05) is 0 Å². The summed E-state index contributed by atoms with van der Waals surface area (Å²) in [6.07, 6.45) is -22.1. The first kappa shape index (κ1) is 20.9. The molecule has 1 rings (SSSR count). The van der Waals surface area contributed by atoms with Crippen molar-refractivity contribution in [2.45, 2.75) is 57.7 Å². The molecule has 1 aliphatic rings. The number of rotatable bonds is 2. The Labute approximate surface area is 131 Å². The highest BCUT2D eigenvalue weighted by molar-refractivity contribution is 5.80. The third-order valence-electron chi connectivity index (χ3n) is 4.41. The molecule has 0 spiro atoms.